The fourth-order valence-electron chi connectivity index (χ4n) is 2.79. The van der Waals surface area contributed by atoms with Crippen LogP contribution in [-0.2, 0) is 29.1 Å². The van der Waals surface area contributed by atoms with E-state index in [0.29, 0.717) is 36.3 Å². The monoisotopic (exact) mass is 351 g/mol. The number of nitrogens with zero attached hydrogens (tertiary/aromatic N) is 1. The first-order chi connectivity index (χ1) is 12.7. The van der Waals surface area contributed by atoms with Gasteiger partial charge in [-0.3, -0.25) is 9.59 Å². The third kappa shape index (κ3) is 4.34. The van der Waals surface area contributed by atoms with E-state index in [2.05, 4.69) is 15.3 Å². The van der Waals surface area contributed by atoms with Crippen molar-refractivity contribution in [2.45, 2.75) is 26.0 Å². The Balaban J connectivity index is 1.59. The largest absolute Gasteiger partial charge is 0.380 e. The maximum Gasteiger partial charge on any atom is 0.258 e. The van der Waals surface area contributed by atoms with Crippen LogP contribution in [0, 0.1) is 0 Å². The molecule has 3 aromatic rings. The van der Waals surface area contributed by atoms with Crippen molar-refractivity contribution in [3.05, 3.63) is 75.8 Å². The fraction of sp³-hybridized carbons (Fsp3) is 0.250. The third-order valence-corrected chi connectivity index (χ3v) is 4.15. The molecule has 0 fully saturated rings. The Bertz CT molecular complexity index is 966. The molecule has 1 aromatic heterocycles. The number of aromatic nitrogens is 2. The van der Waals surface area contributed by atoms with Crippen LogP contribution in [0.15, 0.2) is 53.3 Å². The van der Waals surface area contributed by atoms with Gasteiger partial charge in [-0.15, -0.1) is 0 Å². The van der Waals surface area contributed by atoms with Crippen molar-refractivity contribution in [3.8, 4) is 0 Å². The summed E-state index contributed by atoms with van der Waals surface area (Å²) in [4.78, 5) is 31.3. The number of aromatic amines is 1. The minimum Gasteiger partial charge on any atom is -0.380 e. The molecule has 6 heteroatoms. The Morgan fingerprint density at radius 1 is 1.12 bits per heavy atom. The standard InChI is InChI=1S/C20H21N3O3/c1-26-13-15-7-3-2-6-14(15)12-21-19(24)11-10-18-22-17-9-5-4-8-16(17)20(25)23-18/h2-9H,10-13H2,1H3,(H,21,24)(H,22,23,25). The molecule has 0 bridgehead atoms. The lowest BCUT2D eigenvalue weighted by Crippen LogP contribution is -2.24. The molecule has 6 nitrogen and oxygen atoms in total. The number of hydrogen-bond donors (Lipinski definition) is 2. The molecule has 0 saturated heterocycles. The molecule has 0 aliphatic carbocycles. The Hall–Kier alpha value is -2.99. The summed E-state index contributed by atoms with van der Waals surface area (Å²) in [5.74, 6) is 0.427. The van der Waals surface area contributed by atoms with E-state index >= 15 is 0 Å². The second-order valence-electron chi connectivity index (χ2n) is 6.01. The average Bonchev–Trinajstić information content (AvgIpc) is 2.66. The highest BCUT2D eigenvalue weighted by Gasteiger charge is 2.08. The van der Waals surface area contributed by atoms with Gasteiger partial charge in [0.2, 0.25) is 5.91 Å². The SMILES string of the molecule is COCc1ccccc1CNC(=O)CCc1nc2ccccc2c(=O)[nH]1. The number of benzene rings is 2. The van der Waals surface area contributed by atoms with Crippen LogP contribution in [0.25, 0.3) is 10.9 Å². The van der Waals surface area contributed by atoms with Gasteiger partial charge in [-0.1, -0.05) is 36.4 Å². The molecule has 0 spiro atoms. The number of ether oxygens (including phenoxy) is 1. The third-order valence-electron chi connectivity index (χ3n) is 4.15. The van der Waals surface area contributed by atoms with Crippen LogP contribution in [0.1, 0.15) is 23.4 Å². The lowest BCUT2D eigenvalue weighted by Gasteiger charge is -2.10. The highest BCUT2D eigenvalue weighted by atomic mass is 16.5. The molecule has 26 heavy (non-hydrogen) atoms. The highest BCUT2D eigenvalue weighted by Crippen LogP contribution is 2.10. The molecule has 0 atom stereocenters. The number of rotatable bonds is 7. The number of amides is 1. The van der Waals surface area contributed by atoms with Gasteiger partial charge in [-0.2, -0.15) is 0 Å². The summed E-state index contributed by atoms with van der Waals surface area (Å²) >= 11 is 0. The summed E-state index contributed by atoms with van der Waals surface area (Å²) in [7, 11) is 1.65. The quantitative estimate of drug-likeness (QED) is 0.684. The summed E-state index contributed by atoms with van der Waals surface area (Å²) in [6.07, 6.45) is 0.638. The van der Waals surface area contributed by atoms with E-state index in [1.54, 1.807) is 25.3 Å². The van der Waals surface area contributed by atoms with Crippen molar-refractivity contribution < 1.29 is 9.53 Å². The molecule has 134 valence electrons. The fourth-order valence-corrected chi connectivity index (χ4v) is 2.79. The number of fused-ring (bicyclic) bond motifs is 1. The van der Waals surface area contributed by atoms with Gasteiger partial charge in [0.25, 0.3) is 5.56 Å². The van der Waals surface area contributed by atoms with Crippen molar-refractivity contribution in [3.63, 3.8) is 0 Å². The zero-order valence-corrected chi connectivity index (χ0v) is 14.6. The molecule has 2 aromatic carbocycles. The molecule has 0 aliphatic rings. The van der Waals surface area contributed by atoms with Crippen LogP contribution in [-0.4, -0.2) is 23.0 Å². The van der Waals surface area contributed by atoms with Crippen LogP contribution in [0.2, 0.25) is 0 Å². The molecular weight excluding hydrogens is 330 g/mol. The number of para-hydroxylation sites is 1. The van der Waals surface area contributed by atoms with Gasteiger partial charge >= 0.3 is 0 Å². The minimum absolute atomic E-state index is 0.0898. The summed E-state index contributed by atoms with van der Waals surface area (Å²) in [6.45, 7) is 0.953. The van der Waals surface area contributed by atoms with Crippen molar-refractivity contribution in [1.29, 1.82) is 0 Å². The van der Waals surface area contributed by atoms with Crippen molar-refractivity contribution in [2.75, 3.05) is 7.11 Å². The topological polar surface area (TPSA) is 84.1 Å². The zero-order valence-electron chi connectivity index (χ0n) is 14.6. The lowest BCUT2D eigenvalue weighted by atomic mass is 10.1. The van der Waals surface area contributed by atoms with E-state index < -0.39 is 0 Å². The first-order valence-corrected chi connectivity index (χ1v) is 8.47. The number of H-pyrrole nitrogens is 1. The molecule has 3 rings (SSSR count). The van der Waals surface area contributed by atoms with Crippen molar-refractivity contribution in [1.82, 2.24) is 15.3 Å². The van der Waals surface area contributed by atoms with Crippen LogP contribution >= 0.6 is 0 Å². The molecule has 0 aliphatic heterocycles. The van der Waals surface area contributed by atoms with Gasteiger partial charge in [0.05, 0.1) is 17.5 Å². The second kappa shape index (κ2) is 8.40. The number of hydrogen-bond acceptors (Lipinski definition) is 4. The van der Waals surface area contributed by atoms with E-state index in [-0.39, 0.29) is 17.9 Å². The molecule has 1 amide bonds. The highest BCUT2D eigenvalue weighted by molar-refractivity contribution is 5.78. The number of nitrogens with one attached hydrogen (secondary N) is 2. The number of aryl methyl sites for hydroxylation is 1. The Kier molecular flexibility index (Phi) is 5.76. The van der Waals surface area contributed by atoms with E-state index in [4.69, 9.17) is 4.74 Å². The molecular formula is C20H21N3O3. The molecule has 0 saturated carbocycles. The lowest BCUT2D eigenvalue weighted by molar-refractivity contribution is -0.121. The number of carbonyl (C=O) groups excluding carboxylic acids is 1. The summed E-state index contributed by atoms with van der Waals surface area (Å²) in [5.41, 5.74) is 2.54. The van der Waals surface area contributed by atoms with Crippen LogP contribution in [0.5, 0.6) is 0 Å². The van der Waals surface area contributed by atoms with Crippen molar-refractivity contribution >= 4 is 16.8 Å². The van der Waals surface area contributed by atoms with Gasteiger partial charge < -0.3 is 15.0 Å². The van der Waals surface area contributed by atoms with E-state index in [9.17, 15) is 9.59 Å². The minimum atomic E-state index is -0.181. The molecule has 0 unspecified atom stereocenters. The van der Waals surface area contributed by atoms with E-state index in [0.717, 1.165) is 11.1 Å². The smallest absolute Gasteiger partial charge is 0.258 e. The first-order valence-electron chi connectivity index (χ1n) is 8.47. The maximum absolute atomic E-state index is 12.1. The van der Waals surface area contributed by atoms with Gasteiger partial charge in [-0.05, 0) is 23.3 Å². The Morgan fingerprint density at radius 3 is 2.65 bits per heavy atom. The first kappa shape index (κ1) is 17.8. The van der Waals surface area contributed by atoms with Crippen LogP contribution in [0.4, 0.5) is 0 Å². The Morgan fingerprint density at radius 2 is 1.85 bits per heavy atom. The van der Waals surface area contributed by atoms with E-state index in [1.807, 2.05) is 30.3 Å². The zero-order chi connectivity index (χ0) is 18.4. The summed E-state index contributed by atoms with van der Waals surface area (Å²) in [5, 5.41) is 3.46. The maximum atomic E-state index is 12.1. The predicted molar refractivity (Wildman–Crippen MR) is 99.7 cm³/mol. The van der Waals surface area contributed by atoms with Crippen molar-refractivity contribution in [2.24, 2.45) is 0 Å². The average molecular weight is 351 g/mol. The number of carbonyl (C=O) groups is 1. The van der Waals surface area contributed by atoms with Gasteiger partial charge in [0.15, 0.2) is 0 Å². The second-order valence-corrected chi connectivity index (χ2v) is 6.01. The predicted octanol–water partition coefficient (Wildman–Crippen LogP) is 2.32. The van der Waals surface area contributed by atoms with Crippen LogP contribution < -0.4 is 10.9 Å². The normalized spacial score (nSPS) is 10.8. The summed E-state index contributed by atoms with van der Waals surface area (Å²) < 4.78 is 5.17. The van der Waals surface area contributed by atoms with Gasteiger partial charge in [0.1, 0.15) is 5.82 Å². The van der Waals surface area contributed by atoms with Gasteiger partial charge in [-0.25, -0.2) is 4.98 Å². The molecule has 0 radical (unpaired) electrons. The number of methoxy groups -OCH3 is 1. The summed E-state index contributed by atoms with van der Waals surface area (Å²) in [6, 6.07) is 15.0. The van der Waals surface area contributed by atoms with Gasteiger partial charge in [0, 0.05) is 26.5 Å². The van der Waals surface area contributed by atoms with E-state index in [1.165, 1.54) is 0 Å². The molecule has 1 heterocycles. The Labute approximate surface area is 151 Å². The molecule has 2 N–H and O–H groups in total. The van der Waals surface area contributed by atoms with Crippen LogP contribution in [0.3, 0.4) is 0 Å².